The predicted molar refractivity (Wildman–Crippen MR) is 55.2 cm³/mol. The maximum atomic E-state index is 9.29. The average Bonchev–Trinajstić information content (AvgIpc) is 2.09. The van der Waals surface area contributed by atoms with Crippen molar-refractivity contribution in [3.8, 4) is 5.75 Å². The third-order valence-corrected chi connectivity index (χ3v) is 2.36. The Balaban J connectivity index is 2.88. The van der Waals surface area contributed by atoms with E-state index in [1.165, 1.54) is 0 Å². The highest BCUT2D eigenvalue weighted by Crippen LogP contribution is 2.27. The van der Waals surface area contributed by atoms with E-state index >= 15 is 0 Å². The smallest absolute Gasteiger partial charge is 0.134 e. The Labute approximate surface area is 83.3 Å². The maximum absolute atomic E-state index is 9.29. The lowest BCUT2D eigenvalue weighted by Crippen LogP contribution is -2.01. The molecule has 0 bridgehead atoms. The lowest BCUT2D eigenvalue weighted by Gasteiger charge is -2.06. The van der Waals surface area contributed by atoms with Gasteiger partial charge in [0.2, 0.25) is 0 Å². The first-order chi connectivity index (χ1) is 6.15. The number of benzene rings is 1. The van der Waals surface area contributed by atoms with Gasteiger partial charge in [-0.05, 0) is 49.6 Å². The molecule has 3 N–H and O–H groups in total. The molecule has 1 rings (SSSR count). The van der Waals surface area contributed by atoms with E-state index in [2.05, 4.69) is 0 Å². The van der Waals surface area contributed by atoms with E-state index in [0.717, 1.165) is 24.0 Å². The second kappa shape index (κ2) is 4.49. The molecule has 2 nitrogen and oxygen atoms in total. The second-order valence-electron chi connectivity index (χ2n) is 3.12. The van der Waals surface area contributed by atoms with Gasteiger partial charge < -0.3 is 10.8 Å². The molecule has 13 heavy (non-hydrogen) atoms. The Hall–Kier alpha value is -0.730. The number of halogens is 1. The summed E-state index contributed by atoms with van der Waals surface area (Å²) in [5, 5.41) is 9.71. The van der Waals surface area contributed by atoms with Crippen LogP contribution in [0.5, 0.6) is 5.75 Å². The third-order valence-electron chi connectivity index (χ3n) is 2.06. The van der Waals surface area contributed by atoms with Gasteiger partial charge in [-0.15, -0.1) is 0 Å². The minimum Gasteiger partial charge on any atom is -0.506 e. The molecular formula is C10H14ClNO. The highest BCUT2D eigenvalue weighted by molar-refractivity contribution is 6.32. The quantitative estimate of drug-likeness (QED) is 0.785. The molecule has 1 aromatic rings. The van der Waals surface area contributed by atoms with Gasteiger partial charge in [-0.1, -0.05) is 11.6 Å². The van der Waals surface area contributed by atoms with Gasteiger partial charge in [0.05, 0.1) is 5.02 Å². The van der Waals surface area contributed by atoms with Crippen molar-refractivity contribution in [2.45, 2.75) is 19.8 Å². The van der Waals surface area contributed by atoms with Crippen molar-refractivity contribution in [1.82, 2.24) is 0 Å². The molecule has 0 aliphatic heterocycles. The molecule has 72 valence electrons. The summed E-state index contributed by atoms with van der Waals surface area (Å²) in [6, 6.07) is 3.50. The van der Waals surface area contributed by atoms with E-state index in [9.17, 15) is 5.11 Å². The van der Waals surface area contributed by atoms with Crippen LogP contribution in [0.3, 0.4) is 0 Å². The first-order valence-electron chi connectivity index (χ1n) is 4.33. The minimum absolute atomic E-state index is 0.149. The molecule has 0 fully saturated rings. The summed E-state index contributed by atoms with van der Waals surface area (Å²) in [5.41, 5.74) is 7.64. The molecule has 0 atom stereocenters. The van der Waals surface area contributed by atoms with Gasteiger partial charge in [0.1, 0.15) is 5.75 Å². The fourth-order valence-corrected chi connectivity index (χ4v) is 1.46. The number of aryl methyl sites for hydroxylation is 2. The fourth-order valence-electron chi connectivity index (χ4n) is 1.27. The molecule has 0 amide bonds. The van der Waals surface area contributed by atoms with Gasteiger partial charge in [0.15, 0.2) is 0 Å². The monoisotopic (exact) mass is 199 g/mol. The van der Waals surface area contributed by atoms with E-state index in [-0.39, 0.29) is 5.75 Å². The van der Waals surface area contributed by atoms with Gasteiger partial charge in [-0.2, -0.15) is 0 Å². The number of hydrogen-bond donors (Lipinski definition) is 2. The molecule has 0 aliphatic rings. The highest BCUT2D eigenvalue weighted by Gasteiger charge is 2.03. The van der Waals surface area contributed by atoms with Crippen LogP contribution in [-0.2, 0) is 6.42 Å². The van der Waals surface area contributed by atoms with Gasteiger partial charge >= 0.3 is 0 Å². The standard InChI is InChI=1S/C10H14ClNO/c1-7-5-10(13)9(11)6-8(7)3-2-4-12/h5-6,13H,2-4,12H2,1H3. The summed E-state index contributed by atoms with van der Waals surface area (Å²) in [6.07, 6.45) is 1.87. The van der Waals surface area contributed by atoms with E-state index in [1.54, 1.807) is 6.07 Å². The maximum Gasteiger partial charge on any atom is 0.134 e. The summed E-state index contributed by atoms with van der Waals surface area (Å²) in [6.45, 7) is 2.64. The van der Waals surface area contributed by atoms with E-state index in [0.29, 0.717) is 11.6 Å². The molecular weight excluding hydrogens is 186 g/mol. The Morgan fingerprint density at radius 1 is 1.46 bits per heavy atom. The highest BCUT2D eigenvalue weighted by atomic mass is 35.5. The number of nitrogens with two attached hydrogens (primary N) is 1. The van der Waals surface area contributed by atoms with Crippen molar-refractivity contribution in [2.24, 2.45) is 5.73 Å². The molecule has 3 heteroatoms. The first kappa shape index (κ1) is 10.4. The van der Waals surface area contributed by atoms with E-state index < -0.39 is 0 Å². The summed E-state index contributed by atoms with van der Waals surface area (Å²) < 4.78 is 0. The van der Waals surface area contributed by atoms with Gasteiger partial charge in [-0.25, -0.2) is 0 Å². The number of aromatic hydroxyl groups is 1. The Kier molecular flexibility index (Phi) is 3.58. The van der Waals surface area contributed by atoms with Crippen molar-refractivity contribution >= 4 is 11.6 Å². The Bertz CT molecular complexity index is 299. The normalized spacial score (nSPS) is 10.4. The number of rotatable bonds is 3. The summed E-state index contributed by atoms with van der Waals surface area (Å²) in [4.78, 5) is 0. The summed E-state index contributed by atoms with van der Waals surface area (Å²) >= 11 is 5.78. The van der Waals surface area contributed by atoms with Crippen LogP contribution in [-0.4, -0.2) is 11.7 Å². The molecule has 0 saturated heterocycles. The first-order valence-corrected chi connectivity index (χ1v) is 4.71. The molecule has 1 aromatic carbocycles. The third kappa shape index (κ3) is 2.61. The zero-order chi connectivity index (χ0) is 9.84. The molecule has 0 aliphatic carbocycles. The van der Waals surface area contributed by atoms with Crippen LogP contribution in [0.1, 0.15) is 17.5 Å². The molecule has 0 unspecified atom stereocenters. The van der Waals surface area contributed by atoms with Gasteiger partial charge in [0.25, 0.3) is 0 Å². The molecule has 0 spiro atoms. The zero-order valence-electron chi connectivity index (χ0n) is 7.68. The van der Waals surface area contributed by atoms with Crippen molar-refractivity contribution in [2.75, 3.05) is 6.54 Å². The Morgan fingerprint density at radius 2 is 2.15 bits per heavy atom. The van der Waals surface area contributed by atoms with Crippen molar-refractivity contribution in [3.05, 3.63) is 28.3 Å². The molecule has 0 radical (unpaired) electrons. The van der Waals surface area contributed by atoms with Crippen LogP contribution < -0.4 is 5.73 Å². The SMILES string of the molecule is Cc1cc(O)c(Cl)cc1CCCN. The van der Waals surface area contributed by atoms with Crippen LogP contribution in [0, 0.1) is 6.92 Å². The van der Waals surface area contributed by atoms with E-state index in [1.807, 2.05) is 13.0 Å². The number of phenolic OH excluding ortho intramolecular Hbond substituents is 1. The summed E-state index contributed by atoms with van der Waals surface area (Å²) in [7, 11) is 0. The van der Waals surface area contributed by atoms with Crippen LogP contribution >= 0.6 is 11.6 Å². The van der Waals surface area contributed by atoms with Crippen LogP contribution in [0.4, 0.5) is 0 Å². The van der Waals surface area contributed by atoms with Gasteiger partial charge in [-0.3, -0.25) is 0 Å². The van der Waals surface area contributed by atoms with Crippen molar-refractivity contribution in [3.63, 3.8) is 0 Å². The molecule has 0 heterocycles. The zero-order valence-corrected chi connectivity index (χ0v) is 8.43. The topological polar surface area (TPSA) is 46.2 Å². The lowest BCUT2D eigenvalue weighted by atomic mass is 10.0. The van der Waals surface area contributed by atoms with Crippen LogP contribution in [0.15, 0.2) is 12.1 Å². The fraction of sp³-hybridized carbons (Fsp3) is 0.400. The number of hydrogen-bond acceptors (Lipinski definition) is 2. The second-order valence-corrected chi connectivity index (χ2v) is 3.53. The van der Waals surface area contributed by atoms with Gasteiger partial charge in [0, 0.05) is 0 Å². The Morgan fingerprint density at radius 3 is 2.77 bits per heavy atom. The minimum atomic E-state index is 0.149. The van der Waals surface area contributed by atoms with E-state index in [4.69, 9.17) is 17.3 Å². The molecule has 0 aromatic heterocycles. The van der Waals surface area contributed by atoms with Crippen molar-refractivity contribution < 1.29 is 5.11 Å². The predicted octanol–water partition coefficient (Wildman–Crippen LogP) is 2.25. The largest absolute Gasteiger partial charge is 0.506 e. The summed E-state index contributed by atoms with van der Waals surface area (Å²) in [5.74, 6) is 0.149. The van der Waals surface area contributed by atoms with Crippen LogP contribution in [0.25, 0.3) is 0 Å². The number of phenols is 1. The van der Waals surface area contributed by atoms with Crippen LogP contribution in [0.2, 0.25) is 5.02 Å². The average molecular weight is 200 g/mol. The lowest BCUT2D eigenvalue weighted by molar-refractivity contribution is 0.475. The van der Waals surface area contributed by atoms with Crippen molar-refractivity contribution in [1.29, 1.82) is 0 Å². The molecule has 0 saturated carbocycles.